The molecule has 29 heavy (non-hydrogen) atoms. The number of nitrogens with zero attached hydrogens (tertiary/aromatic N) is 4. The molecule has 3 heterocycles. The minimum absolute atomic E-state index is 0.0555. The van der Waals surface area contributed by atoms with E-state index < -0.39 is 0 Å². The van der Waals surface area contributed by atoms with Crippen LogP contribution in [0.15, 0.2) is 36.7 Å². The number of pyridine rings is 1. The number of hydrogen-bond acceptors (Lipinski definition) is 4. The van der Waals surface area contributed by atoms with Crippen molar-refractivity contribution < 1.29 is 9.53 Å². The Morgan fingerprint density at radius 2 is 2.17 bits per heavy atom. The summed E-state index contributed by atoms with van der Waals surface area (Å²) in [5.74, 6) is 2.20. The van der Waals surface area contributed by atoms with E-state index in [0.29, 0.717) is 35.3 Å². The van der Waals surface area contributed by atoms with Crippen LogP contribution in [0.25, 0.3) is 11.0 Å². The summed E-state index contributed by atoms with van der Waals surface area (Å²) in [6, 6.07) is 7.09. The Bertz CT molecular complexity index is 1050. The van der Waals surface area contributed by atoms with Gasteiger partial charge < -0.3 is 14.2 Å². The molecular formula is C22H25ClN4O2. The van der Waals surface area contributed by atoms with Crippen molar-refractivity contribution in [1.82, 2.24) is 19.4 Å². The van der Waals surface area contributed by atoms with E-state index in [9.17, 15) is 4.79 Å². The van der Waals surface area contributed by atoms with Crippen molar-refractivity contribution in [1.29, 1.82) is 0 Å². The number of rotatable bonds is 5. The van der Waals surface area contributed by atoms with Gasteiger partial charge in [-0.25, -0.2) is 4.98 Å². The highest BCUT2D eigenvalue weighted by Crippen LogP contribution is 2.32. The summed E-state index contributed by atoms with van der Waals surface area (Å²) in [4.78, 5) is 24.2. The lowest BCUT2D eigenvalue weighted by Gasteiger charge is -2.19. The summed E-state index contributed by atoms with van der Waals surface area (Å²) in [5.41, 5.74) is 2.51. The quantitative estimate of drug-likeness (QED) is 0.624. The summed E-state index contributed by atoms with van der Waals surface area (Å²) in [6.45, 7) is 6.58. The van der Waals surface area contributed by atoms with Crippen molar-refractivity contribution in [2.75, 3.05) is 20.2 Å². The van der Waals surface area contributed by atoms with Crippen LogP contribution in [0.2, 0.25) is 5.02 Å². The number of likely N-dealkylation sites (tertiary alicyclic amines) is 1. The molecule has 1 aliphatic heterocycles. The van der Waals surface area contributed by atoms with Crippen LogP contribution in [0, 0.1) is 5.92 Å². The maximum Gasteiger partial charge on any atom is 0.257 e. The lowest BCUT2D eigenvalue weighted by molar-refractivity contribution is 0.0787. The second-order valence-electron chi connectivity index (χ2n) is 7.92. The molecule has 0 aliphatic carbocycles. The first-order valence-electron chi connectivity index (χ1n) is 9.91. The number of hydrogen-bond donors (Lipinski definition) is 0. The highest BCUT2D eigenvalue weighted by atomic mass is 35.5. The fourth-order valence-electron chi connectivity index (χ4n) is 4.03. The largest absolute Gasteiger partial charge is 0.496 e. The molecular weight excluding hydrogens is 388 g/mol. The molecule has 3 aromatic rings. The third-order valence-electron chi connectivity index (χ3n) is 5.36. The molecule has 1 amide bonds. The van der Waals surface area contributed by atoms with Crippen LogP contribution in [-0.4, -0.2) is 45.5 Å². The topological polar surface area (TPSA) is 60.2 Å². The van der Waals surface area contributed by atoms with Crippen molar-refractivity contribution in [3.8, 4) is 5.75 Å². The molecule has 0 bridgehead atoms. The van der Waals surface area contributed by atoms with Gasteiger partial charge in [-0.3, -0.25) is 9.78 Å². The number of imidazole rings is 1. The Kier molecular flexibility index (Phi) is 5.46. The van der Waals surface area contributed by atoms with Crippen LogP contribution < -0.4 is 4.74 Å². The highest BCUT2D eigenvalue weighted by molar-refractivity contribution is 6.31. The SMILES string of the molecule is COc1ccc(Cl)cc1C(=O)N1CCC(c2nc3ccncc3n2CC(C)C)C1. The minimum Gasteiger partial charge on any atom is -0.496 e. The fraction of sp³-hybridized carbons (Fsp3) is 0.409. The average Bonchev–Trinajstić information content (AvgIpc) is 3.32. The van der Waals surface area contributed by atoms with Crippen molar-refractivity contribution in [3.05, 3.63) is 53.1 Å². The van der Waals surface area contributed by atoms with E-state index >= 15 is 0 Å². The monoisotopic (exact) mass is 412 g/mol. The Hall–Kier alpha value is -2.60. The summed E-state index contributed by atoms with van der Waals surface area (Å²) in [6.07, 6.45) is 4.53. The van der Waals surface area contributed by atoms with Gasteiger partial charge >= 0.3 is 0 Å². The van der Waals surface area contributed by atoms with E-state index in [4.69, 9.17) is 21.3 Å². The highest BCUT2D eigenvalue weighted by Gasteiger charge is 2.32. The molecule has 2 aromatic heterocycles. The molecule has 1 fully saturated rings. The molecule has 7 heteroatoms. The smallest absolute Gasteiger partial charge is 0.257 e. The van der Waals surface area contributed by atoms with Crippen molar-refractivity contribution in [2.24, 2.45) is 5.92 Å². The Morgan fingerprint density at radius 3 is 2.93 bits per heavy atom. The molecule has 0 spiro atoms. The van der Waals surface area contributed by atoms with Gasteiger partial charge in [-0.2, -0.15) is 0 Å². The summed E-state index contributed by atoms with van der Waals surface area (Å²) in [5, 5.41) is 0.524. The van der Waals surface area contributed by atoms with E-state index in [1.165, 1.54) is 0 Å². The Balaban J connectivity index is 1.62. The maximum atomic E-state index is 13.1. The first kappa shape index (κ1) is 19.7. The number of ether oxygens (including phenoxy) is 1. The molecule has 1 aromatic carbocycles. The van der Waals surface area contributed by atoms with Crippen LogP contribution in [-0.2, 0) is 6.54 Å². The van der Waals surface area contributed by atoms with Gasteiger partial charge in [0.25, 0.3) is 5.91 Å². The standard InChI is InChI=1S/C22H25ClN4O2/c1-14(2)12-27-19-11-24-8-6-18(19)25-21(27)15-7-9-26(13-15)22(28)17-10-16(23)4-5-20(17)29-3/h4-6,8,10-11,14-15H,7,9,12-13H2,1-3H3. The van der Waals surface area contributed by atoms with E-state index in [2.05, 4.69) is 23.4 Å². The maximum absolute atomic E-state index is 13.1. The van der Waals surface area contributed by atoms with Gasteiger partial charge in [-0.15, -0.1) is 0 Å². The lowest BCUT2D eigenvalue weighted by atomic mass is 10.1. The molecule has 6 nitrogen and oxygen atoms in total. The van der Waals surface area contributed by atoms with Gasteiger partial charge in [0.1, 0.15) is 11.6 Å². The number of carbonyl (C=O) groups excluding carboxylic acids is 1. The van der Waals surface area contributed by atoms with Crippen LogP contribution >= 0.6 is 11.6 Å². The van der Waals surface area contributed by atoms with E-state index in [1.54, 1.807) is 31.5 Å². The van der Waals surface area contributed by atoms with Crippen LogP contribution in [0.4, 0.5) is 0 Å². The van der Waals surface area contributed by atoms with Crippen molar-refractivity contribution in [2.45, 2.75) is 32.7 Å². The second kappa shape index (κ2) is 8.03. The number of amides is 1. The summed E-state index contributed by atoms with van der Waals surface area (Å²) >= 11 is 6.12. The normalized spacial score (nSPS) is 16.7. The first-order chi connectivity index (χ1) is 14.0. The number of methoxy groups -OCH3 is 1. The molecule has 0 radical (unpaired) electrons. The third kappa shape index (κ3) is 3.81. The first-order valence-corrected chi connectivity index (χ1v) is 10.3. The molecule has 4 rings (SSSR count). The predicted molar refractivity (Wildman–Crippen MR) is 114 cm³/mol. The molecule has 1 aliphatic rings. The predicted octanol–water partition coefficient (Wildman–Crippen LogP) is 4.38. The molecule has 152 valence electrons. The number of aromatic nitrogens is 3. The van der Waals surface area contributed by atoms with Crippen LogP contribution in [0.5, 0.6) is 5.75 Å². The zero-order chi connectivity index (χ0) is 20.5. The van der Waals surface area contributed by atoms with Gasteiger partial charge in [0, 0.05) is 36.8 Å². The molecule has 1 saturated heterocycles. The fourth-order valence-corrected chi connectivity index (χ4v) is 4.20. The molecule has 0 saturated carbocycles. The molecule has 1 atom stereocenters. The Morgan fingerprint density at radius 1 is 1.34 bits per heavy atom. The molecule has 0 N–H and O–H groups in total. The lowest BCUT2D eigenvalue weighted by Crippen LogP contribution is -2.29. The Labute approximate surface area is 175 Å². The van der Waals surface area contributed by atoms with Crippen molar-refractivity contribution in [3.63, 3.8) is 0 Å². The average molecular weight is 413 g/mol. The van der Waals surface area contributed by atoms with E-state index in [-0.39, 0.29) is 11.8 Å². The van der Waals surface area contributed by atoms with Crippen LogP contribution in [0.1, 0.15) is 42.4 Å². The zero-order valence-electron chi connectivity index (χ0n) is 16.9. The second-order valence-corrected chi connectivity index (χ2v) is 8.36. The number of carbonyl (C=O) groups is 1. The third-order valence-corrected chi connectivity index (χ3v) is 5.60. The van der Waals surface area contributed by atoms with Crippen molar-refractivity contribution >= 4 is 28.5 Å². The summed E-state index contributed by atoms with van der Waals surface area (Å²) in [7, 11) is 1.56. The van der Waals surface area contributed by atoms with E-state index in [0.717, 1.165) is 29.8 Å². The zero-order valence-corrected chi connectivity index (χ0v) is 17.7. The van der Waals surface area contributed by atoms with E-state index in [1.807, 2.05) is 17.2 Å². The number of fused-ring (bicyclic) bond motifs is 1. The molecule has 1 unspecified atom stereocenters. The number of halogens is 1. The van der Waals surface area contributed by atoms with Gasteiger partial charge in [-0.05, 0) is 36.6 Å². The van der Waals surface area contributed by atoms with Crippen LogP contribution in [0.3, 0.4) is 0 Å². The van der Waals surface area contributed by atoms with Gasteiger partial charge in [0.2, 0.25) is 0 Å². The summed E-state index contributed by atoms with van der Waals surface area (Å²) < 4.78 is 7.64. The minimum atomic E-state index is -0.0555. The number of benzene rings is 1. The van der Waals surface area contributed by atoms with Gasteiger partial charge in [0.15, 0.2) is 0 Å². The van der Waals surface area contributed by atoms with Gasteiger partial charge in [-0.1, -0.05) is 25.4 Å². The van der Waals surface area contributed by atoms with Gasteiger partial charge in [0.05, 0.1) is 29.9 Å².